The third kappa shape index (κ3) is 5.63. The number of thiazole rings is 1. The quantitative estimate of drug-likeness (QED) is 0.554. The van der Waals surface area contributed by atoms with E-state index in [1.165, 1.54) is 0 Å². The minimum absolute atomic E-state index is 0.542. The molecule has 0 amide bonds. The number of nitrogens with one attached hydrogen (secondary N) is 2. The topological polar surface area (TPSA) is 67.8 Å². The summed E-state index contributed by atoms with van der Waals surface area (Å²) in [5, 5.41) is 9.75. The Morgan fingerprint density at radius 3 is 2.72 bits per heavy atom. The van der Waals surface area contributed by atoms with Gasteiger partial charge >= 0.3 is 0 Å². The third-order valence-corrected chi connectivity index (χ3v) is 4.41. The van der Waals surface area contributed by atoms with Crippen LogP contribution in [0.5, 0.6) is 11.5 Å². The first-order valence-corrected chi connectivity index (χ1v) is 9.37. The van der Waals surface area contributed by atoms with E-state index in [-0.39, 0.29) is 0 Å². The van der Waals surface area contributed by atoms with Gasteiger partial charge in [0.15, 0.2) is 17.5 Å². The van der Waals surface area contributed by atoms with Gasteiger partial charge in [-0.05, 0) is 32.4 Å². The Labute approximate surface area is 153 Å². The van der Waals surface area contributed by atoms with Gasteiger partial charge in [-0.25, -0.2) is 9.98 Å². The lowest BCUT2D eigenvalue weighted by atomic mass is 10.2. The number of methoxy groups -OCH3 is 1. The van der Waals surface area contributed by atoms with E-state index in [1.807, 2.05) is 32.0 Å². The molecule has 0 spiro atoms. The molecule has 2 rings (SSSR count). The van der Waals surface area contributed by atoms with Gasteiger partial charge in [0.2, 0.25) is 0 Å². The summed E-state index contributed by atoms with van der Waals surface area (Å²) in [6.45, 7) is 7.99. The van der Waals surface area contributed by atoms with E-state index in [0.29, 0.717) is 30.6 Å². The molecule has 1 heterocycles. The second-order valence-corrected chi connectivity index (χ2v) is 6.15. The lowest BCUT2D eigenvalue weighted by molar-refractivity contribution is 0.311. The molecular formula is C18H26N4O2S. The Hall–Kier alpha value is -2.28. The number of benzene rings is 1. The van der Waals surface area contributed by atoms with Crippen molar-refractivity contribution in [3.63, 3.8) is 0 Å². The number of ether oxygens (including phenoxy) is 2. The predicted octanol–water partition coefficient (Wildman–Crippen LogP) is 3.69. The van der Waals surface area contributed by atoms with Crippen LogP contribution < -0.4 is 20.1 Å². The van der Waals surface area contributed by atoms with Crippen LogP contribution in [0.25, 0.3) is 0 Å². The van der Waals surface area contributed by atoms with Gasteiger partial charge < -0.3 is 20.1 Å². The second kappa shape index (κ2) is 9.88. The molecule has 0 aliphatic heterocycles. The first-order valence-electron chi connectivity index (χ1n) is 8.49. The highest BCUT2D eigenvalue weighted by molar-refractivity contribution is 7.09. The van der Waals surface area contributed by atoms with Crippen LogP contribution in [0.15, 0.2) is 28.6 Å². The standard InChI is InChI=1S/C18H26N4O2S/c1-5-17-21-14(12-25-17)11-20-18(19-6-2)22-13-8-9-15(23-4)16(10-13)24-7-3/h8-10,12H,5-7,11H2,1-4H3,(H2,19,20,22). The van der Waals surface area contributed by atoms with Gasteiger partial charge in [0.25, 0.3) is 0 Å². The van der Waals surface area contributed by atoms with E-state index >= 15 is 0 Å². The zero-order valence-corrected chi connectivity index (χ0v) is 16.1. The Kier molecular flexibility index (Phi) is 7.53. The van der Waals surface area contributed by atoms with Gasteiger partial charge in [0.05, 0.1) is 31.0 Å². The maximum atomic E-state index is 5.62. The van der Waals surface area contributed by atoms with Crippen LogP contribution in [0.3, 0.4) is 0 Å². The Balaban J connectivity index is 2.11. The van der Waals surface area contributed by atoms with E-state index < -0.39 is 0 Å². The largest absolute Gasteiger partial charge is 0.493 e. The summed E-state index contributed by atoms with van der Waals surface area (Å²) in [6, 6.07) is 5.73. The number of aromatic nitrogens is 1. The fourth-order valence-electron chi connectivity index (χ4n) is 2.21. The molecule has 0 aliphatic carbocycles. The highest BCUT2D eigenvalue weighted by Crippen LogP contribution is 2.30. The smallest absolute Gasteiger partial charge is 0.196 e. The predicted molar refractivity (Wildman–Crippen MR) is 104 cm³/mol. The molecule has 0 bridgehead atoms. The number of nitrogens with zero attached hydrogens (tertiary/aromatic N) is 2. The molecule has 7 heteroatoms. The molecule has 0 saturated carbocycles. The molecule has 0 aliphatic rings. The fraction of sp³-hybridized carbons (Fsp3) is 0.444. The normalized spacial score (nSPS) is 11.3. The van der Waals surface area contributed by atoms with Crippen molar-refractivity contribution in [1.29, 1.82) is 0 Å². The zero-order valence-electron chi connectivity index (χ0n) is 15.3. The van der Waals surface area contributed by atoms with E-state index in [9.17, 15) is 0 Å². The van der Waals surface area contributed by atoms with Gasteiger partial charge in [0.1, 0.15) is 0 Å². The number of hydrogen-bond donors (Lipinski definition) is 2. The molecule has 0 unspecified atom stereocenters. The Bertz CT molecular complexity index is 700. The van der Waals surface area contributed by atoms with Crippen LogP contribution in [0.2, 0.25) is 0 Å². The number of aliphatic imine (C=N–C) groups is 1. The van der Waals surface area contributed by atoms with Crippen molar-refractivity contribution in [3.8, 4) is 11.5 Å². The summed E-state index contributed by atoms with van der Waals surface area (Å²) >= 11 is 1.68. The van der Waals surface area contributed by atoms with E-state index in [4.69, 9.17) is 9.47 Å². The van der Waals surface area contributed by atoms with E-state index in [0.717, 1.165) is 29.4 Å². The minimum Gasteiger partial charge on any atom is -0.493 e. The summed E-state index contributed by atoms with van der Waals surface area (Å²) in [7, 11) is 1.63. The maximum absolute atomic E-state index is 5.62. The molecule has 6 nitrogen and oxygen atoms in total. The van der Waals surface area contributed by atoms with Crippen molar-refractivity contribution in [2.75, 3.05) is 25.6 Å². The maximum Gasteiger partial charge on any atom is 0.196 e. The van der Waals surface area contributed by atoms with Crippen molar-refractivity contribution in [3.05, 3.63) is 34.3 Å². The summed E-state index contributed by atoms with van der Waals surface area (Å²) < 4.78 is 10.9. The van der Waals surface area contributed by atoms with Gasteiger partial charge in [-0.3, -0.25) is 0 Å². The average Bonchev–Trinajstić information content (AvgIpc) is 3.08. The lowest BCUT2D eigenvalue weighted by Gasteiger charge is -2.14. The van der Waals surface area contributed by atoms with Crippen molar-refractivity contribution >= 4 is 23.0 Å². The van der Waals surface area contributed by atoms with Crippen LogP contribution in [-0.4, -0.2) is 31.2 Å². The highest BCUT2D eigenvalue weighted by Gasteiger charge is 2.07. The molecule has 136 valence electrons. The van der Waals surface area contributed by atoms with Gasteiger partial charge in [0, 0.05) is 23.7 Å². The van der Waals surface area contributed by atoms with Gasteiger partial charge in [-0.15, -0.1) is 11.3 Å². The molecule has 1 aromatic heterocycles. The van der Waals surface area contributed by atoms with Crippen molar-refractivity contribution in [2.45, 2.75) is 33.7 Å². The lowest BCUT2D eigenvalue weighted by Crippen LogP contribution is -2.30. The molecular weight excluding hydrogens is 336 g/mol. The molecule has 0 saturated heterocycles. The van der Waals surface area contributed by atoms with Gasteiger partial charge in [-0.2, -0.15) is 0 Å². The number of anilines is 1. The fourth-order valence-corrected chi connectivity index (χ4v) is 2.95. The van der Waals surface area contributed by atoms with Crippen LogP contribution in [-0.2, 0) is 13.0 Å². The number of hydrogen-bond acceptors (Lipinski definition) is 5. The molecule has 0 atom stereocenters. The first-order chi connectivity index (χ1) is 12.2. The van der Waals surface area contributed by atoms with Crippen molar-refractivity contribution in [2.24, 2.45) is 4.99 Å². The number of rotatable bonds is 8. The monoisotopic (exact) mass is 362 g/mol. The van der Waals surface area contributed by atoms with E-state index in [1.54, 1.807) is 18.4 Å². The van der Waals surface area contributed by atoms with Crippen LogP contribution >= 0.6 is 11.3 Å². The van der Waals surface area contributed by atoms with Crippen molar-refractivity contribution in [1.82, 2.24) is 10.3 Å². The third-order valence-electron chi connectivity index (χ3n) is 3.37. The zero-order chi connectivity index (χ0) is 18.1. The molecule has 2 aromatic rings. The molecule has 2 N–H and O–H groups in total. The van der Waals surface area contributed by atoms with Crippen LogP contribution in [0.1, 0.15) is 31.5 Å². The molecule has 1 aromatic carbocycles. The summed E-state index contributed by atoms with van der Waals surface area (Å²) in [6.07, 6.45) is 0.957. The summed E-state index contributed by atoms with van der Waals surface area (Å²) in [5.74, 6) is 2.13. The Morgan fingerprint density at radius 1 is 1.24 bits per heavy atom. The Morgan fingerprint density at radius 2 is 2.08 bits per heavy atom. The molecule has 0 radical (unpaired) electrons. The van der Waals surface area contributed by atoms with Crippen molar-refractivity contribution < 1.29 is 9.47 Å². The summed E-state index contributed by atoms with van der Waals surface area (Å²) in [4.78, 5) is 9.16. The second-order valence-electron chi connectivity index (χ2n) is 5.20. The number of guanidine groups is 1. The SMILES string of the molecule is CCNC(=NCc1csc(CC)n1)Nc1ccc(OC)c(OCC)c1. The van der Waals surface area contributed by atoms with Crippen LogP contribution in [0, 0.1) is 0 Å². The minimum atomic E-state index is 0.542. The van der Waals surface area contributed by atoms with E-state index in [2.05, 4.69) is 32.9 Å². The molecule has 0 fully saturated rings. The first kappa shape index (κ1) is 19.1. The average molecular weight is 362 g/mol. The number of aryl methyl sites for hydroxylation is 1. The highest BCUT2D eigenvalue weighted by atomic mass is 32.1. The summed E-state index contributed by atoms with van der Waals surface area (Å²) in [5.41, 5.74) is 1.88. The van der Waals surface area contributed by atoms with Gasteiger partial charge in [-0.1, -0.05) is 6.92 Å². The molecule has 25 heavy (non-hydrogen) atoms. The van der Waals surface area contributed by atoms with Crippen LogP contribution in [0.4, 0.5) is 5.69 Å².